The van der Waals surface area contributed by atoms with Crippen molar-refractivity contribution >= 4 is 49.1 Å². The Morgan fingerprint density at radius 1 is 1.56 bits per heavy atom. The quantitative estimate of drug-likeness (QED) is 0.869. The number of halogens is 2. The van der Waals surface area contributed by atoms with E-state index in [2.05, 4.69) is 42.3 Å². The Morgan fingerprint density at radius 3 is 2.89 bits per heavy atom. The van der Waals surface area contributed by atoms with Crippen molar-refractivity contribution in [1.29, 1.82) is 0 Å². The van der Waals surface area contributed by atoms with Gasteiger partial charge in [-0.25, -0.2) is 0 Å². The van der Waals surface area contributed by atoms with Gasteiger partial charge in [-0.3, -0.25) is 9.48 Å². The van der Waals surface area contributed by atoms with E-state index < -0.39 is 0 Å². The topological polar surface area (TPSA) is 46.9 Å². The second kappa shape index (κ2) is 5.99. The van der Waals surface area contributed by atoms with Crippen LogP contribution >= 0.6 is 43.2 Å². The molecule has 0 fully saturated rings. The minimum atomic E-state index is -0.0639. The van der Waals surface area contributed by atoms with Crippen LogP contribution in [-0.2, 0) is 13.5 Å². The van der Waals surface area contributed by atoms with Crippen molar-refractivity contribution in [1.82, 2.24) is 15.1 Å². The first kappa shape index (κ1) is 13.8. The minimum absolute atomic E-state index is 0.0639. The van der Waals surface area contributed by atoms with Crippen LogP contribution in [0.4, 0.5) is 0 Å². The fourth-order valence-corrected chi connectivity index (χ4v) is 4.33. The summed E-state index contributed by atoms with van der Waals surface area (Å²) in [5.41, 5.74) is 1.76. The van der Waals surface area contributed by atoms with Gasteiger partial charge in [0.15, 0.2) is 0 Å². The second-order valence-electron chi connectivity index (χ2n) is 3.69. The Bertz CT molecular complexity index is 564. The van der Waals surface area contributed by atoms with Crippen molar-refractivity contribution in [3.8, 4) is 0 Å². The number of thiophene rings is 1. The number of nitrogens with one attached hydrogen (secondary N) is 1. The van der Waals surface area contributed by atoms with Gasteiger partial charge in [-0.15, -0.1) is 11.3 Å². The van der Waals surface area contributed by atoms with Crippen LogP contribution in [0.2, 0.25) is 0 Å². The highest BCUT2D eigenvalue weighted by atomic mass is 79.9. The molecule has 2 heterocycles. The van der Waals surface area contributed by atoms with Crippen molar-refractivity contribution in [2.75, 3.05) is 6.54 Å². The minimum Gasteiger partial charge on any atom is -0.352 e. The lowest BCUT2D eigenvalue weighted by Crippen LogP contribution is -2.26. The van der Waals surface area contributed by atoms with Gasteiger partial charge in [-0.05, 0) is 44.0 Å². The van der Waals surface area contributed by atoms with Gasteiger partial charge >= 0.3 is 0 Å². The molecule has 2 aromatic heterocycles. The van der Waals surface area contributed by atoms with Crippen LogP contribution in [0.3, 0.4) is 0 Å². The van der Waals surface area contributed by atoms with Crippen molar-refractivity contribution in [3.63, 3.8) is 0 Å². The van der Waals surface area contributed by atoms with Gasteiger partial charge in [-0.1, -0.05) is 0 Å². The van der Waals surface area contributed by atoms with Crippen molar-refractivity contribution in [2.45, 2.75) is 6.42 Å². The third-order valence-corrected chi connectivity index (χ3v) is 4.83. The van der Waals surface area contributed by atoms with Gasteiger partial charge in [0.25, 0.3) is 5.91 Å². The highest BCUT2D eigenvalue weighted by Crippen LogP contribution is 2.31. The maximum absolute atomic E-state index is 11.9. The lowest BCUT2D eigenvalue weighted by atomic mass is 10.3. The number of hydrogen-bond acceptors (Lipinski definition) is 3. The molecule has 1 N–H and O–H groups in total. The largest absolute Gasteiger partial charge is 0.352 e. The number of nitrogens with zero attached hydrogens (tertiary/aromatic N) is 2. The molecule has 1 amide bonds. The Kier molecular flexibility index (Phi) is 4.58. The van der Waals surface area contributed by atoms with E-state index in [1.54, 1.807) is 6.20 Å². The molecule has 0 saturated carbocycles. The third kappa shape index (κ3) is 3.21. The van der Waals surface area contributed by atoms with Crippen molar-refractivity contribution in [3.05, 3.63) is 37.2 Å². The number of hydrogen-bond donors (Lipinski definition) is 1. The molecule has 96 valence electrons. The standard InChI is InChI=1S/C11H11Br2N3OS/c1-16-7(3-5-15-16)2-4-14-11(17)8-6-9(12)18-10(8)13/h3,5-6H,2,4H2,1H3,(H,14,17). The van der Waals surface area contributed by atoms with Gasteiger partial charge in [0.2, 0.25) is 0 Å². The molecule has 0 atom stereocenters. The summed E-state index contributed by atoms with van der Waals surface area (Å²) < 4.78 is 3.59. The smallest absolute Gasteiger partial charge is 0.253 e. The van der Waals surface area contributed by atoms with Gasteiger partial charge in [0, 0.05) is 31.9 Å². The SMILES string of the molecule is Cn1nccc1CCNC(=O)c1cc(Br)sc1Br. The fraction of sp³-hybridized carbons (Fsp3) is 0.273. The fourth-order valence-electron chi connectivity index (χ4n) is 1.54. The predicted octanol–water partition coefficient (Wildman–Crippen LogP) is 2.98. The van der Waals surface area contributed by atoms with Crippen LogP contribution < -0.4 is 5.32 Å². The molecule has 7 heteroatoms. The molecule has 0 bridgehead atoms. The monoisotopic (exact) mass is 391 g/mol. The van der Waals surface area contributed by atoms with Gasteiger partial charge in [0.1, 0.15) is 0 Å². The normalized spacial score (nSPS) is 10.6. The van der Waals surface area contributed by atoms with E-state index in [1.807, 2.05) is 23.9 Å². The first-order chi connectivity index (χ1) is 8.58. The Labute approximate surface area is 126 Å². The molecule has 4 nitrogen and oxygen atoms in total. The summed E-state index contributed by atoms with van der Waals surface area (Å²) >= 11 is 8.22. The van der Waals surface area contributed by atoms with E-state index in [9.17, 15) is 4.79 Å². The Morgan fingerprint density at radius 2 is 2.33 bits per heavy atom. The number of aromatic nitrogens is 2. The summed E-state index contributed by atoms with van der Waals surface area (Å²) in [6.07, 6.45) is 2.52. The van der Waals surface area contributed by atoms with E-state index in [0.29, 0.717) is 12.1 Å². The molecule has 18 heavy (non-hydrogen) atoms. The number of carbonyl (C=O) groups is 1. The number of carbonyl (C=O) groups excluding carboxylic acids is 1. The highest BCUT2D eigenvalue weighted by molar-refractivity contribution is 9.12. The summed E-state index contributed by atoms with van der Waals surface area (Å²) in [5, 5.41) is 6.98. The number of amides is 1. The van der Waals surface area contributed by atoms with E-state index in [1.165, 1.54) is 11.3 Å². The lowest BCUT2D eigenvalue weighted by Gasteiger charge is -2.04. The molecule has 0 unspecified atom stereocenters. The van der Waals surface area contributed by atoms with Crippen LogP contribution in [0.25, 0.3) is 0 Å². The molecule has 0 saturated heterocycles. The molecule has 0 aromatic carbocycles. The molecule has 0 spiro atoms. The van der Waals surface area contributed by atoms with Crippen LogP contribution in [-0.4, -0.2) is 22.2 Å². The summed E-state index contributed by atoms with van der Waals surface area (Å²) in [6, 6.07) is 3.76. The molecule has 2 aromatic rings. The summed E-state index contributed by atoms with van der Waals surface area (Å²) in [4.78, 5) is 11.9. The first-order valence-corrected chi connectivity index (χ1v) is 7.68. The first-order valence-electron chi connectivity index (χ1n) is 5.28. The summed E-state index contributed by atoms with van der Waals surface area (Å²) in [7, 11) is 1.89. The molecular formula is C11H11Br2N3OS. The zero-order chi connectivity index (χ0) is 13.1. The van der Waals surface area contributed by atoms with E-state index >= 15 is 0 Å². The zero-order valence-corrected chi connectivity index (χ0v) is 13.6. The van der Waals surface area contributed by atoms with Crippen LogP contribution in [0.1, 0.15) is 16.1 Å². The molecule has 0 radical (unpaired) electrons. The Hall–Kier alpha value is -0.660. The average Bonchev–Trinajstić information content (AvgIpc) is 2.85. The van der Waals surface area contributed by atoms with Gasteiger partial charge < -0.3 is 5.32 Å². The van der Waals surface area contributed by atoms with Gasteiger partial charge in [0.05, 0.1) is 13.1 Å². The van der Waals surface area contributed by atoms with E-state index in [0.717, 1.165) is 19.7 Å². The molecule has 0 aliphatic heterocycles. The molecule has 0 aliphatic rings. The highest BCUT2D eigenvalue weighted by Gasteiger charge is 2.13. The van der Waals surface area contributed by atoms with E-state index in [-0.39, 0.29) is 5.91 Å². The molecule has 0 aliphatic carbocycles. The van der Waals surface area contributed by atoms with E-state index in [4.69, 9.17) is 0 Å². The lowest BCUT2D eigenvalue weighted by molar-refractivity contribution is 0.0953. The second-order valence-corrected chi connectivity index (χ2v) is 7.44. The number of rotatable bonds is 4. The van der Waals surface area contributed by atoms with Gasteiger partial charge in [-0.2, -0.15) is 5.10 Å². The Balaban J connectivity index is 1.89. The predicted molar refractivity (Wildman–Crippen MR) is 79.0 cm³/mol. The van der Waals surface area contributed by atoms with Crippen molar-refractivity contribution in [2.24, 2.45) is 7.05 Å². The maximum atomic E-state index is 11.9. The zero-order valence-electron chi connectivity index (χ0n) is 9.61. The van der Waals surface area contributed by atoms with Crippen LogP contribution in [0.15, 0.2) is 25.9 Å². The maximum Gasteiger partial charge on any atom is 0.253 e. The average molecular weight is 393 g/mol. The molecular weight excluding hydrogens is 382 g/mol. The van der Waals surface area contributed by atoms with Crippen LogP contribution in [0.5, 0.6) is 0 Å². The van der Waals surface area contributed by atoms with Crippen LogP contribution in [0, 0.1) is 0 Å². The number of aryl methyl sites for hydroxylation is 1. The molecule has 2 rings (SSSR count). The third-order valence-electron chi connectivity index (χ3n) is 2.49. The van der Waals surface area contributed by atoms with Crippen molar-refractivity contribution < 1.29 is 4.79 Å². The summed E-state index contributed by atoms with van der Waals surface area (Å²) in [5.74, 6) is -0.0639. The summed E-state index contributed by atoms with van der Waals surface area (Å²) in [6.45, 7) is 0.596.